The number of hydrogen-bond donors (Lipinski definition) is 1. The molecule has 0 spiro atoms. The highest BCUT2D eigenvalue weighted by molar-refractivity contribution is 7.90. The van der Waals surface area contributed by atoms with E-state index in [1.54, 1.807) is 36.5 Å². The van der Waals surface area contributed by atoms with Gasteiger partial charge in [0.1, 0.15) is 5.82 Å². The first-order valence-corrected chi connectivity index (χ1v) is 19.6. The second kappa shape index (κ2) is 11.2. The Kier molecular flexibility index (Phi) is 8.15. The van der Waals surface area contributed by atoms with Crippen molar-refractivity contribution < 1.29 is 31.1 Å². The highest BCUT2D eigenvalue weighted by Crippen LogP contribution is 2.59. The second-order valence-corrected chi connectivity index (χ2v) is 20.5. The zero-order valence-corrected chi connectivity index (χ0v) is 27.3. The van der Waals surface area contributed by atoms with Crippen LogP contribution in [0.2, 0.25) is 19.6 Å². The van der Waals surface area contributed by atoms with Crippen molar-refractivity contribution in [3.8, 4) is 11.7 Å². The van der Waals surface area contributed by atoms with Gasteiger partial charge in [-0.25, -0.2) is 22.8 Å². The molecule has 44 heavy (non-hydrogen) atoms. The van der Waals surface area contributed by atoms with Crippen molar-refractivity contribution in [2.24, 2.45) is 11.3 Å². The highest BCUT2D eigenvalue weighted by atomic mass is 32.2. The summed E-state index contributed by atoms with van der Waals surface area (Å²) >= 11 is 0. The topological polar surface area (TPSA) is 106 Å². The van der Waals surface area contributed by atoms with Crippen molar-refractivity contribution in [1.82, 2.24) is 19.5 Å². The van der Waals surface area contributed by atoms with Crippen LogP contribution in [0.15, 0.2) is 59.6 Å². The minimum absolute atomic E-state index is 0.0341. The lowest BCUT2D eigenvalue weighted by molar-refractivity contribution is -0.190. The number of ether oxygens (including phenoxy) is 1. The third-order valence-electron chi connectivity index (χ3n) is 9.18. The van der Waals surface area contributed by atoms with E-state index in [1.165, 1.54) is 22.9 Å². The third kappa shape index (κ3) is 6.10. The van der Waals surface area contributed by atoms with E-state index in [9.17, 15) is 26.4 Å². The predicted octanol–water partition coefficient (Wildman–Crippen LogP) is 5.98. The van der Waals surface area contributed by atoms with Crippen molar-refractivity contribution in [2.45, 2.75) is 75.4 Å². The lowest BCUT2D eigenvalue weighted by Gasteiger charge is -2.45. The average molecular weight is 650 g/mol. The third-order valence-corrected chi connectivity index (χ3v) is 14.2. The van der Waals surface area contributed by atoms with Crippen LogP contribution in [0.1, 0.15) is 49.9 Å². The molecule has 1 amide bonds. The number of benzene rings is 1. The Morgan fingerprint density at radius 2 is 1.80 bits per heavy atom. The molecule has 238 valence electrons. The summed E-state index contributed by atoms with van der Waals surface area (Å²) in [5, 5.41) is 4.08. The first-order valence-electron chi connectivity index (χ1n) is 14.6. The summed E-state index contributed by atoms with van der Waals surface area (Å²) in [5.74, 6) is 0.352. The van der Waals surface area contributed by atoms with Crippen molar-refractivity contribution in [3.63, 3.8) is 0 Å². The van der Waals surface area contributed by atoms with Gasteiger partial charge >= 0.3 is 6.18 Å². The molecule has 1 aliphatic carbocycles. The van der Waals surface area contributed by atoms with Gasteiger partial charge in [0.05, 0.1) is 30.6 Å². The van der Waals surface area contributed by atoms with Gasteiger partial charge in [-0.05, 0) is 62.8 Å². The standard InChI is InChI=1S/C30H38F3N5O4SSi/c1-21-19-28(2,44(3,4)5)37(20-21)26-23(27(39)36-43(40,41)22-9-7-6-8-10-22)11-12-24(34-26)38-17-13-25(35-38)42-18-16-29(14-15-29)30(31,32)33/h6-13,17,21H,14-16,18-20H2,1-5H3,(H,36,39)/t21-,28+/m0/s1. The number of carbonyl (C=O) groups is 1. The van der Waals surface area contributed by atoms with E-state index >= 15 is 0 Å². The molecule has 14 heteroatoms. The first-order chi connectivity index (χ1) is 20.5. The Bertz CT molecular complexity index is 1640. The number of nitrogens with zero attached hydrogens (tertiary/aromatic N) is 4. The lowest BCUT2D eigenvalue weighted by atomic mass is 10.0. The van der Waals surface area contributed by atoms with Crippen LogP contribution < -0.4 is 14.4 Å². The SMILES string of the molecule is C[C@@H]1CN(c2nc(-n3ccc(OCCC4(C(F)(F)F)CC4)n3)ccc2C(=O)NS(=O)(=O)c2ccccc2)[C@](C)([Si](C)(C)C)C1. The van der Waals surface area contributed by atoms with Crippen molar-refractivity contribution in [1.29, 1.82) is 0 Å². The molecule has 1 saturated carbocycles. The minimum atomic E-state index is -4.25. The fourth-order valence-electron chi connectivity index (χ4n) is 5.87. The van der Waals surface area contributed by atoms with E-state index in [-0.39, 0.29) is 47.4 Å². The van der Waals surface area contributed by atoms with Gasteiger partial charge in [0.25, 0.3) is 15.9 Å². The molecule has 3 aromatic rings. The maximum Gasteiger partial charge on any atom is 0.394 e. The van der Waals surface area contributed by atoms with Crippen LogP contribution in [0.25, 0.3) is 5.82 Å². The van der Waals surface area contributed by atoms with Crippen molar-refractivity contribution in [3.05, 3.63) is 60.3 Å². The van der Waals surface area contributed by atoms with Crippen LogP contribution in [-0.4, -0.2) is 61.7 Å². The fraction of sp³-hybridized carbons (Fsp3) is 0.500. The smallest absolute Gasteiger partial charge is 0.394 e. The lowest BCUT2D eigenvalue weighted by Crippen LogP contribution is -2.59. The average Bonchev–Trinajstić information content (AvgIpc) is 3.48. The summed E-state index contributed by atoms with van der Waals surface area (Å²) in [5.41, 5.74) is -1.55. The van der Waals surface area contributed by atoms with Crippen molar-refractivity contribution >= 4 is 29.8 Å². The maximum absolute atomic E-state index is 13.6. The Hall–Kier alpha value is -3.39. The minimum Gasteiger partial charge on any atom is -0.477 e. The number of anilines is 1. The number of aromatic nitrogens is 3. The summed E-state index contributed by atoms with van der Waals surface area (Å²) < 4.78 is 75.1. The molecule has 3 heterocycles. The molecule has 9 nitrogen and oxygen atoms in total. The monoisotopic (exact) mass is 649 g/mol. The molecule has 2 aliphatic rings. The van der Waals surface area contributed by atoms with Gasteiger partial charge in [0.15, 0.2) is 5.82 Å². The van der Waals surface area contributed by atoms with Crippen molar-refractivity contribution in [2.75, 3.05) is 18.1 Å². The number of pyridine rings is 1. The van der Waals surface area contributed by atoms with Gasteiger partial charge in [-0.1, -0.05) is 44.8 Å². The number of amides is 1. The molecule has 1 saturated heterocycles. The number of halogens is 3. The molecule has 2 atom stereocenters. The molecule has 1 aliphatic heterocycles. The Morgan fingerprint density at radius 1 is 1.11 bits per heavy atom. The van der Waals surface area contributed by atoms with Gasteiger partial charge < -0.3 is 9.64 Å². The molecule has 0 radical (unpaired) electrons. The summed E-state index contributed by atoms with van der Waals surface area (Å²) in [7, 11) is -6.05. The van der Waals surface area contributed by atoms with Crippen LogP contribution in [0.3, 0.4) is 0 Å². The van der Waals surface area contributed by atoms with Crippen LogP contribution >= 0.6 is 0 Å². The molecule has 5 rings (SSSR count). The van der Waals surface area contributed by atoms with E-state index in [0.717, 1.165) is 6.42 Å². The Morgan fingerprint density at radius 3 is 2.41 bits per heavy atom. The summed E-state index contributed by atoms with van der Waals surface area (Å²) in [6.07, 6.45) is -1.69. The zero-order chi connectivity index (χ0) is 32.1. The first kappa shape index (κ1) is 32.0. The fourth-order valence-corrected chi connectivity index (χ4v) is 8.83. The number of alkyl halides is 3. The second-order valence-electron chi connectivity index (χ2n) is 13.2. The van der Waals surface area contributed by atoms with Crippen LogP contribution in [-0.2, 0) is 10.0 Å². The summed E-state index contributed by atoms with van der Waals surface area (Å²) in [4.78, 5) is 20.6. The quantitative estimate of drug-likeness (QED) is 0.270. The maximum atomic E-state index is 13.6. The number of rotatable bonds is 10. The normalized spacial score (nSPS) is 21.7. The number of sulfonamides is 1. The Labute approximate surface area is 256 Å². The number of nitrogens with one attached hydrogen (secondary N) is 1. The van der Waals surface area contributed by atoms with E-state index in [2.05, 4.69) is 48.2 Å². The van der Waals surface area contributed by atoms with Crippen LogP contribution in [0.5, 0.6) is 5.88 Å². The molecule has 0 bridgehead atoms. The van der Waals surface area contributed by atoms with E-state index in [0.29, 0.717) is 24.1 Å². The number of hydrogen-bond acceptors (Lipinski definition) is 7. The Balaban J connectivity index is 1.46. The van der Waals surface area contributed by atoms with Crippen LogP contribution in [0, 0.1) is 11.3 Å². The number of carbonyl (C=O) groups excluding carboxylic acids is 1. The molecule has 2 aromatic heterocycles. The van der Waals surface area contributed by atoms with E-state index in [1.807, 2.05) is 0 Å². The van der Waals surface area contributed by atoms with Gasteiger partial charge in [-0.2, -0.15) is 13.2 Å². The highest BCUT2D eigenvalue weighted by Gasteiger charge is 2.62. The molecule has 0 unspecified atom stereocenters. The molecule has 1 N–H and O–H groups in total. The summed E-state index contributed by atoms with van der Waals surface area (Å²) in [6.45, 7) is 11.6. The van der Waals surface area contributed by atoms with Gasteiger partial charge in [0.2, 0.25) is 5.88 Å². The van der Waals surface area contributed by atoms with Gasteiger partial charge in [-0.15, -0.1) is 5.10 Å². The zero-order valence-electron chi connectivity index (χ0n) is 25.5. The van der Waals surface area contributed by atoms with Crippen LogP contribution in [0.4, 0.5) is 19.0 Å². The summed E-state index contributed by atoms with van der Waals surface area (Å²) in [6, 6.07) is 12.3. The van der Waals surface area contributed by atoms with E-state index in [4.69, 9.17) is 9.72 Å². The molecule has 2 fully saturated rings. The molecule has 1 aromatic carbocycles. The molecular formula is C30H38F3N5O4SSi. The van der Waals surface area contributed by atoms with Gasteiger partial charge in [-0.3, -0.25) is 4.79 Å². The van der Waals surface area contributed by atoms with Gasteiger partial charge in [0, 0.05) is 24.0 Å². The molecular weight excluding hydrogens is 612 g/mol. The largest absolute Gasteiger partial charge is 0.477 e. The predicted molar refractivity (Wildman–Crippen MR) is 163 cm³/mol. The van der Waals surface area contributed by atoms with E-state index < -0.39 is 35.6 Å².